The SMILES string of the molecule is CCCc1nn(C)c(OCCCOC)c1N. The lowest BCUT2D eigenvalue weighted by Crippen LogP contribution is -2.06. The van der Waals surface area contributed by atoms with E-state index >= 15 is 0 Å². The van der Waals surface area contributed by atoms with E-state index in [-0.39, 0.29) is 0 Å². The molecule has 0 spiro atoms. The number of anilines is 1. The fourth-order valence-corrected chi connectivity index (χ4v) is 1.54. The first-order valence-corrected chi connectivity index (χ1v) is 5.63. The van der Waals surface area contributed by atoms with Crippen molar-refractivity contribution in [3.05, 3.63) is 5.69 Å². The van der Waals surface area contributed by atoms with Crippen molar-refractivity contribution < 1.29 is 9.47 Å². The molecule has 0 aromatic carbocycles. The molecular weight excluding hydrogens is 206 g/mol. The van der Waals surface area contributed by atoms with Crippen LogP contribution in [0.3, 0.4) is 0 Å². The van der Waals surface area contributed by atoms with Crippen LogP contribution in [-0.2, 0) is 18.2 Å². The summed E-state index contributed by atoms with van der Waals surface area (Å²) in [7, 11) is 3.53. The van der Waals surface area contributed by atoms with E-state index in [4.69, 9.17) is 15.2 Å². The van der Waals surface area contributed by atoms with Crippen LogP contribution in [0.25, 0.3) is 0 Å². The van der Waals surface area contributed by atoms with E-state index in [2.05, 4.69) is 12.0 Å². The molecule has 0 atom stereocenters. The van der Waals surface area contributed by atoms with Gasteiger partial charge in [0, 0.05) is 27.2 Å². The van der Waals surface area contributed by atoms with Crippen molar-refractivity contribution in [2.24, 2.45) is 7.05 Å². The molecule has 1 rings (SSSR count). The summed E-state index contributed by atoms with van der Waals surface area (Å²) in [5.74, 6) is 0.666. The van der Waals surface area contributed by atoms with Crippen LogP contribution in [-0.4, -0.2) is 30.1 Å². The number of hydrogen-bond acceptors (Lipinski definition) is 4. The van der Waals surface area contributed by atoms with Gasteiger partial charge in [-0.3, -0.25) is 0 Å². The minimum absolute atomic E-state index is 0.600. The van der Waals surface area contributed by atoms with Crippen molar-refractivity contribution in [3.63, 3.8) is 0 Å². The Kier molecular flexibility index (Phi) is 5.11. The van der Waals surface area contributed by atoms with Crippen molar-refractivity contribution in [2.75, 3.05) is 26.1 Å². The number of nitrogens with two attached hydrogens (primary N) is 1. The number of methoxy groups -OCH3 is 1. The molecule has 0 aliphatic heterocycles. The molecule has 0 saturated heterocycles. The van der Waals surface area contributed by atoms with Gasteiger partial charge in [0.25, 0.3) is 0 Å². The Hall–Kier alpha value is -1.23. The van der Waals surface area contributed by atoms with Gasteiger partial charge in [-0.1, -0.05) is 13.3 Å². The zero-order chi connectivity index (χ0) is 12.0. The molecule has 1 heterocycles. The molecule has 0 fully saturated rings. The van der Waals surface area contributed by atoms with Gasteiger partial charge in [0.1, 0.15) is 5.69 Å². The Labute approximate surface area is 96.5 Å². The molecule has 5 heteroatoms. The predicted molar refractivity (Wildman–Crippen MR) is 63.6 cm³/mol. The van der Waals surface area contributed by atoms with Crippen LogP contribution in [0.4, 0.5) is 5.69 Å². The summed E-state index contributed by atoms with van der Waals surface area (Å²) in [5, 5.41) is 4.33. The number of aryl methyl sites for hydroxylation is 2. The van der Waals surface area contributed by atoms with Crippen LogP contribution in [0.1, 0.15) is 25.5 Å². The maximum absolute atomic E-state index is 5.97. The van der Waals surface area contributed by atoms with Crippen molar-refractivity contribution in [2.45, 2.75) is 26.2 Å². The van der Waals surface area contributed by atoms with Crippen molar-refractivity contribution >= 4 is 5.69 Å². The van der Waals surface area contributed by atoms with Gasteiger partial charge >= 0.3 is 0 Å². The van der Waals surface area contributed by atoms with E-state index in [0.29, 0.717) is 24.8 Å². The lowest BCUT2D eigenvalue weighted by Gasteiger charge is -2.06. The predicted octanol–water partition coefficient (Wildman–Crippen LogP) is 1.37. The van der Waals surface area contributed by atoms with Crippen LogP contribution in [0, 0.1) is 0 Å². The molecule has 2 N–H and O–H groups in total. The number of ether oxygens (including phenoxy) is 2. The molecule has 1 aromatic rings. The monoisotopic (exact) mass is 227 g/mol. The Bertz CT molecular complexity index is 323. The summed E-state index contributed by atoms with van der Waals surface area (Å²) < 4.78 is 12.2. The van der Waals surface area contributed by atoms with Gasteiger partial charge in [0.2, 0.25) is 5.88 Å². The Morgan fingerprint density at radius 2 is 2.12 bits per heavy atom. The Morgan fingerprint density at radius 1 is 1.38 bits per heavy atom. The molecule has 16 heavy (non-hydrogen) atoms. The number of nitrogens with zero attached hydrogens (tertiary/aromatic N) is 2. The van der Waals surface area contributed by atoms with Gasteiger partial charge < -0.3 is 15.2 Å². The highest BCUT2D eigenvalue weighted by atomic mass is 16.5. The first kappa shape index (κ1) is 12.8. The lowest BCUT2D eigenvalue weighted by molar-refractivity contribution is 0.169. The highest BCUT2D eigenvalue weighted by Gasteiger charge is 2.13. The third-order valence-corrected chi connectivity index (χ3v) is 2.32. The highest BCUT2D eigenvalue weighted by Crippen LogP contribution is 2.25. The number of nitrogen functional groups attached to an aromatic ring is 1. The summed E-state index contributed by atoms with van der Waals surface area (Å²) in [6, 6.07) is 0. The molecule has 92 valence electrons. The normalized spacial score (nSPS) is 10.7. The fourth-order valence-electron chi connectivity index (χ4n) is 1.54. The number of rotatable bonds is 7. The molecule has 5 nitrogen and oxygen atoms in total. The molecule has 0 saturated carbocycles. The number of aromatic nitrogens is 2. The van der Waals surface area contributed by atoms with Crippen molar-refractivity contribution in [1.29, 1.82) is 0 Å². The van der Waals surface area contributed by atoms with E-state index in [1.165, 1.54) is 0 Å². The second-order valence-electron chi connectivity index (χ2n) is 3.73. The standard InChI is InChI=1S/C11H21N3O2/c1-4-6-9-10(12)11(14(2)13-9)16-8-5-7-15-3/h4-8,12H2,1-3H3. The van der Waals surface area contributed by atoms with Gasteiger partial charge in [0.05, 0.1) is 12.3 Å². The van der Waals surface area contributed by atoms with E-state index < -0.39 is 0 Å². The Morgan fingerprint density at radius 3 is 2.75 bits per heavy atom. The second-order valence-corrected chi connectivity index (χ2v) is 3.73. The minimum Gasteiger partial charge on any atom is -0.476 e. The summed E-state index contributed by atoms with van der Waals surface area (Å²) in [6.07, 6.45) is 2.77. The summed E-state index contributed by atoms with van der Waals surface area (Å²) >= 11 is 0. The van der Waals surface area contributed by atoms with Crippen molar-refractivity contribution in [3.8, 4) is 5.88 Å². The van der Waals surface area contributed by atoms with E-state index in [0.717, 1.165) is 25.0 Å². The van der Waals surface area contributed by atoms with E-state index in [9.17, 15) is 0 Å². The summed E-state index contributed by atoms with van der Waals surface area (Å²) in [4.78, 5) is 0. The summed E-state index contributed by atoms with van der Waals surface area (Å²) in [6.45, 7) is 3.40. The topological polar surface area (TPSA) is 62.3 Å². The van der Waals surface area contributed by atoms with E-state index in [1.54, 1.807) is 11.8 Å². The average molecular weight is 227 g/mol. The molecule has 0 unspecified atom stereocenters. The van der Waals surface area contributed by atoms with Crippen molar-refractivity contribution in [1.82, 2.24) is 9.78 Å². The van der Waals surface area contributed by atoms with Crippen LogP contribution in [0.15, 0.2) is 0 Å². The molecule has 0 radical (unpaired) electrons. The smallest absolute Gasteiger partial charge is 0.235 e. The van der Waals surface area contributed by atoms with Gasteiger partial charge in [-0.05, 0) is 6.42 Å². The first-order valence-electron chi connectivity index (χ1n) is 5.63. The maximum Gasteiger partial charge on any atom is 0.235 e. The van der Waals surface area contributed by atoms with Gasteiger partial charge in [-0.25, -0.2) is 4.68 Å². The maximum atomic E-state index is 5.97. The van der Waals surface area contributed by atoms with E-state index in [1.807, 2.05) is 7.05 Å². The molecule has 0 amide bonds. The van der Waals surface area contributed by atoms with Gasteiger partial charge in [-0.2, -0.15) is 5.10 Å². The third kappa shape index (κ3) is 3.13. The van der Waals surface area contributed by atoms with Crippen LogP contribution in [0.5, 0.6) is 5.88 Å². The van der Waals surface area contributed by atoms with Crippen LogP contribution in [0.2, 0.25) is 0 Å². The molecular formula is C11H21N3O2. The molecule has 0 aliphatic carbocycles. The van der Waals surface area contributed by atoms with Gasteiger partial charge in [0.15, 0.2) is 0 Å². The molecule has 0 aliphatic rings. The zero-order valence-electron chi connectivity index (χ0n) is 10.3. The zero-order valence-corrected chi connectivity index (χ0v) is 10.3. The van der Waals surface area contributed by atoms with Crippen LogP contribution >= 0.6 is 0 Å². The largest absolute Gasteiger partial charge is 0.476 e. The quantitative estimate of drug-likeness (QED) is 0.715. The summed E-state index contributed by atoms with van der Waals surface area (Å²) in [5.41, 5.74) is 7.56. The molecule has 1 aromatic heterocycles. The Balaban J connectivity index is 2.57. The average Bonchev–Trinajstić information content (AvgIpc) is 2.52. The fraction of sp³-hybridized carbons (Fsp3) is 0.727. The lowest BCUT2D eigenvalue weighted by atomic mass is 10.2. The second kappa shape index (κ2) is 6.37. The van der Waals surface area contributed by atoms with Gasteiger partial charge in [-0.15, -0.1) is 0 Å². The third-order valence-electron chi connectivity index (χ3n) is 2.32. The number of hydrogen-bond donors (Lipinski definition) is 1. The van der Waals surface area contributed by atoms with Crippen LogP contribution < -0.4 is 10.5 Å². The highest BCUT2D eigenvalue weighted by molar-refractivity contribution is 5.53. The minimum atomic E-state index is 0.600. The first-order chi connectivity index (χ1) is 7.70. The molecule has 0 bridgehead atoms.